The van der Waals surface area contributed by atoms with Crippen LogP contribution in [0.3, 0.4) is 0 Å². The molecule has 2 amide bonds. The molecule has 4 aromatic carbocycles. The lowest BCUT2D eigenvalue weighted by Crippen LogP contribution is -2.27. The van der Waals surface area contributed by atoms with Gasteiger partial charge in [0.05, 0.1) is 23.4 Å². The molecule has 23 heteroatoms. The summed E-state index contributed by atoms with van der Waals surface area (Å²) in [7, 11) is -13.5. The third kappa shape index (κ3) is 8.57. The van der Waals surface area contributed by atoms with Crippen molar-refractivity contribution in [3.63, 3.8) is 0 Å². The molecule has 57 heavy (non-hydrogen) atoms. The molecule has 0 heterocycles. The lowest BCUT2D eigenvalue weighted by atomic mass is 9.94. The highest BCUT2D eigenvalue weighted by molar-refractivity contribution is 7.91. The van der Waals surface area contributed by atoms with Gasteiger partial charge >= 0.3 is 6.03 Å². The van der Waals surface area contributed by atoms with Crippen molar-refractivity contribution in [1.29, 1.82) is 0 Å². The number of nitrogens with one attached hydrogen (secondary N) is 4. The van der Waals surface area contributed by atoms with Gasteiger partial charge in [0, 0.05) is 22.5 Å². The van der Waals surface area contributed by atoms with Gasteiger partial charge in [-0.25, -0.2) is 4.79 Å². The number of para-hydroxylation sites is 2. The summed E-state index contributed by atoms with van der Waals surface area (Å²) in [6.45, 7) is 0. The van der Waals surface area contributed by atoms with Crippen LogP contribution in [-0.2, 0) is 30.4 Å². The number of nitrogens with zero attached hydrogens (tertiary/aromatic N) is 2. The number of phenolic OH excluding ortho intramolecular Hbond substituents is 1. The molecule has 20 nitrogen and oxygen atoms in total. The van der Waals surface area contributed by atoms with Crippen LogP contribution in [0.2, 0.25) is 0 Å². The summed E-state index contributed by atoms with van der Waals surface area (Å²) >= 11 is 0. The Kier molecular flexibility index (Phi) is 10.5. The van der Waals surface area contributed by atoms with Gasteiger partial charge in [-0.3, -0.25) is 34.1 Å². The molecule has 0 unspecified atom stereocenters. The topological polar surface area (TPSA) is 317 Å². The van der Waals surface area contributed by atoms with E-state index in [2.05, 4.69) is 31.7 Å². The first-order chi connectivity index (χ1) is 26.7. The Morgan fingerprint density at radius 1 is 0.632 bits per heavy atom. The maximum Gasteiger partial charge on any atom is 0.323 e. The number of benzene rings is 4. The van der Waals surface area contributed by atoms with E-state index in [1.54, 1.807) is 24.3 Å². The summed E-state index contributed by atoms with van der Waals surface area (Å²) in [6.07, 6.45) is 1.86. The van der Waals surface area contributed by atoms with E-state index in [0.29, 0.717) is 11.4 Å². The quantitative estimate of drug-likeness (QED) is 0.0634. The van der Waals surface area contributed by atoms with Gasteiger partial charge in [-0.15, -0.1) is 0 Å². The number of hydrogen-bond acceptors (Lipinski definition) is 15. The smallest absolute Gasteiger partial charge is 0.323 e. The number of hydrazone groups is 2. The molecular formula is C34H26N6O14S3. The number of allylic oxidation sites excluding steroid dienone is 2. The second-order valence-electron chi connectivity index (χ2n) is 11.8. The number of phenols is 1. The Bertz CT molecular complexity index is 2890. The van der Waals surface area contributed by atoms with Crippen molar-refractivity contribution in [1.82, 2.24) is 0 Å². The van der Waals surface area contributed by atoms with Crippen LogP contribution in [0.25, 0.3) is 12.2 Å². The summed E-state index contributed by atoms with van der Waals surface area (Å²) in [5, 5.41) is 22.6. The van der Waals surface area contributed by atoms with Gasteiger partial charge in [0.15, 0.2) is 11.4 Å². The van der Waals surface area contributed by atoms with Crippen molar-refractivity contribution in [2.24, 2.45) is 10.2 Å². The molecule has 0 radical (unpaired) electrons. The first kappa shape index (κ1) is 39.9. The number of anilines is 4. The van der Waals surface area contributed by atoms with E-state index in [4.69, 9.17) is 4.74 Å². The second-order valence-corrected chi connectivity index (χ2v) is 16.0. The Balaban J connectivity index is 1.23. The van der Waals surface area contributed by atoms with Crippen LogP contribution < -0.4 is 26.2 Å². The predicted molar refractivity (Wildman–Crippen MR) is 206 cm³/mol. The predicted octanol–water partition coefficient (Wildman–Crippen LogP) is 4.08. The van der Waals surface area contributed by atoms with Crippen molar-refractivity contribution in [3.05, 3.63) is 111 Å². The van der Waals surface area contributed by atoms with Crippen molar-refractivity contribution in [2.75, 3.05) is 28.6 Å². The van der Waals surface area contributed by atoms with E-state index in [-0.39, 0.29) is 33.6 Å². The number of ether oxygens (including phenoxy) is 1. The van der Waals surface area contributed by atoms with Gasteiger partial charge in [0.25, 0.3) is 30.4 Å². The summed E-state index contributed by atoms with van der Waals surface area (Å²) < 4.78 is 107. The van der Waals surface area contributed by atoms with E-state index >= 15 is 0 Å². The third-order valence-corrected chi connectivity index (χ3v) is 10.7. The number of ketones is 2. The molecule has 4 aromatic rings. The van der Waals surface area contributed by atoms with Gasteiger partial charge in [0.2, 0.25) is 11.6 Å². The second kappa shape index (κ2) is 15.1. The molecule has 0 aliphatic heterocycles. The molecule has 2 aliphatic carbocycles. The summed E-state index contributed by atoms with van der Waals surface area (Å²) in [5.41, 5.74) is 2.91. The van der Waals surface area contributed by atoms with Gasteiger partial charge in [-0.1, -0.05) is 12.1 Å². The number of aromatic hydroxyl groups is 1. The zero-order chi connectivity index (χ0) is 41.4. The number of rotatable bonds is 10. The van der Waals surface area contributed by atoms with Gasteiger partial charge in [0.1, 0.15) is 21.3 Å². The molecule has 6 rings (SSSR count). The lowest BCUT2D eigenvalue weighted by Gasteiger charge is -2.18. The number of Topliss-reactive ketones (excluding diaryl/α,β-unsaturated/α-hetero) is 2. The van der Waals surface area contributed by atoms with E-state index < -0.39 is 85.5 Å². The number of urea groups is 1. The molecule has 0 saturated heterocycles. The van der Waals surface area contributed by atoms with Crippen LogP contribution in [-0.4, -0.2) is 80.1 Å². The van der Waals surface area contributed by atoms with Crippen LogP contribution in [0.1, 0.15) is 31.8 Å². The lowest BCUT2D eigenvalue weighted by molar-refractivity contribution is 0.105. The molecule has 0 atom stereocenters. The highest BCUT2D eigenvalue weighted by atomic mass is 32.2. The summed E-state index contributed by atoms with van der Waals surface area (Å²) in [4.78, 5) is 37.3. The zero-order valence-electron chi connectivity index (χ0n) is 28.7. The minimum absolute atomic E-state index is 0.00476. The number of fused-ring (bicyclic) bond motifs is 2. The standard InChI is InChI=1S/C34H26N6O14S3/c1-54-27-5-3-2-4-24(27)37-39-30-28(56(48,49)50)14-17-12-19(6-9-22(17)32(30)42)35-34(44)36-20-7-10-23-18(13-20)15-29(57(51,52)53)31(33(23)43)40-38-25-16-21(55(45,46)47)8-11-26(25)41/h2-16,37-38,41H,1H3,(H2,35,36,44)(H,45,46,47)(H,48,49,50)(H,51,52,53)/b39-30?,40-31-. The number of carbonyl (C=O) groups is 3. The Morgan fingerprint density at radius 3 is 1.60 bits per heavy atom. The van der Waals surface area contributed by atoms with Crippen molar-refractivity contribution >= 4 is 94.3 Å². The molecule has 0 bridgehead atoms. The van der Waals surface area contributed by atoms with Gasteiger partial charge in [-0.2, -0.15) is 35.5 Å². The van der Waals surface area contributed by atoms with Crippen LogP contribution >= 0.6 is 0 Å². The Morgan fingerprint density at radius 2 is 1.12 bits per heavy atom. The number of methoxy groups -OCH3 is 1. The average Bonchev–Trinajstić information content (AvgIpc) is 3.13. The van der Waals surface area contributed by atoms with Crippen LogP contribution in [0.15, 0.2) is 104 Å². The fourth-order valence-electron chi connectivity index (χ4n) is 5.46. The molecular weight excluding hydrogens is 813 g/mol. The fourth-order valence-corrected chi connectivity index (χ4v) is 7.29. The number of carbonyl (C=O) groups excluding carboxylic acids is 3. The molecule has 8 N–H and O–H groups in total. The Hall–Kier alpha value is -6.76. The highest BCUT2D eigenvalue weighted by Crippen LogP contribution is 2.32. The van der Waals surface area contributed by atoms with E-state index in [1.165, 1.54) is 43.5 Å². The zero-order valence-corrected chi connectivity index (χ0v) is 31.1. The summed E-state index contributed by atoms with van der Waals surface area (Å²) in [6, 6.07) is 15.6. The number of hydrogen-bond donors (Lipinski definition) is 8. The maximum atomic E-state index is 13.4. The van der Waals surface area contributed by atoms with Crippen molar-refractivity contribution in [3.8, 4) is 11.5 Å². The van der Waals surface area contributed by atoms with Gasteiger partial charge in [-0.05, 0) is 90.0 Å². The average molecular weight is 839 g/mol. The minimum atomic E-state index is -5.15. The van der Waals surface area contributed by atoms with E-state index in [9.17, 15) is 58.4 Å². The van der Waals surface area contributed by atoms with Gasteiger partial charge < -0.3 is 20.5 Å². The first-order valence-electron chi connectivity index (χ1n) is 15.7. The summed E-state index contributed by atoms with van der Waals surface area (Å²) in [5.74, 6) is -2.17. The van der Waals surface area contributed by atoms with Crippen LogP contribution in [0.5, 0.6) is 11.5 Å². The maximum absolute atomic E-state index is 13.4. The molecule has 294 valence electrons. The van der Waals surface area contributed by atoms with Crippen molar-refractivity contribution in [2.45, 2.75) is 4.90 Å². The molecule has 0 fully saturated rings. The monoisotopic (exact) mass is 838 g/mol. The molecule has 0 spiro atoms. The minimum Gasteiger partial charge on any atom is -0.506 e. The first-order valence-corrected chi connectivity index (χ1v) is 20.0. The van der Waals surface area contributed by atoms with Crippen LogP contribution in [0, 0.1) is 0 Å². The molecule has 0 aromatic heterocycles. The SMILES string of the molecule is COc1ccccc1NN=C1C(=O)c2ccc(NC(=O)Nc3ccc4c(c3)C=C(S(=O)(=O)O)/C(=N/Nc3cc(S(=O)(=O)O)ccc3O)C4=O)cc2C=C1S(=O)(=O)O. The molecule has 0 saturated carbocycles. The fraction of sp³-hybridized carbons (Fsp3) is 0.0294. The van der Waals surface area contributed by atoms with E-state index in [0.717, 1.165) is 30.4 Å². The Labute approximate surface area is 322 Å². The molecule has 2 aliphatic rings. The highest BCUT2D eigenvalue weighted by Gasteiger charge is 2.34. The van der Waals surface area contributed by atoms with E-state index in [1.807, 2.05) is 0 Å². The largest absolute Gasteiger partial charge is 0.506 e. The normalized spacial score (nSPS) is 15.6. The van der Waals surface area contributed by atoms with Crippen molar-refractivity contribution < 1.29 is 63.1 Å². The number of amides is 2. The van der Waals surface area contributed by atoms with Crippen LogP contribution in [0.4, 0.5) is 27.5 Å². The third-order valence-electron chi connectivity index (χ3n) is 8.08.